The van der Waals surface area contributed by atoms with Gasteiger partial charge in [0.15, 0.2) is 0 Å². The van der Waals surface area contributed by atoms with Crippen molar-refractivity contribution in [2.24, 2.45) is 0 Å². The molecular formula is C16H29N3O. The standard InChI is InChI=1S/C16H29N3O/c1-4-12-20-16-8-7-14(13-15(16)17)6-5-9-18-10-11-19(2)3/h7-8,13,18H,4-6,9-12,17H2,1-3H3. The SMILES string of the molecule is CCCOc1ccc(CCCNCCN(C)C)cc1N. The van der Waals surface area contributed by atoms with Crippen LogP contribution in [-0.2, 0) is 6.42 Å². The molecule has 0 heterocycles. The smallest absolute Gasteiger partial charge is 0.142 e. The molecule has 114 valence electrons. The van der Waals surface area contributed by atoms with Crippen LogP contribution in [0.15, 0.2) is 18.2 Å². The van der Waals surface area contributed by atoms with E-state index in [1.54, 1.807) is 0 Å². The molecule has 0 aromatic heterocycles. The lowest BCUT2D eigenvalue weighted by Gasteiger charge is -2.11. The van der Waals surface area contributed by atoms with Crippen LogP contribution in [0, 0.1) is 0 Å². The van der Waals surface area contributed by atoms with Crippen LogP contribution in [0.25, 0.3) is 0 Å². The average Bonchev–Trinajstić information content (AvgIpc) is 2.41. The Kier molecular flexibility index (Phi) is 8.07. The Labute approximate surface area is 123 Å². The van der Waals surface area contributed by atoms with E-state index in [9.17, 15) is 0 Å². The van der Waals surface area contributed by atoms with Gasteiger partial charge in [0.2, 0.25) is 0 Å². The summed E-state index contributed by atoms with van der Waals surface area (Å²) in [5.41, 5.74) is 8.03. The van der Waals surface area contributed by atoms with Gasteiger partial charge in [0.25, 0.3) is 0 Å². The lowest BCUT2D eigenvalue weighted by molar-refractivity contribution is 0.319. The van der Waals surface area contributed by atoms with Gasteiger partial charge in [-0.1, -0.05) is 13.0 Å². The highest BCUT2D eigenvalue weighted by molar-refractivity contribution is 5.54. The maximum absolute atomic E-state index is 6.00. The summed E-state index contributed by atoms with van der Waals surface area (Å²) >= 11 is 0. The van der Waals surface area contributed by atoms with Crippen molar-refractivity contribution in [2.45, 2.75) is 26.2 Å². The molecule has 20 heavy (non-hydrogen) atoms. The highest BCUT2D eigenvalue weighted by Gasteiger charge is 2.02. The lowest BCUT2D eigenvalue weighted by atomic mass is 10.1. The Morgan fingerprint density at radius 3 is 2.70 bits per heavy atom. The zero-order valence-corrected chi connectivity index (χ0v) is 13.1. The summed E-state index contributed by atoms with van der Waals surface area (Å²) in [5, 5.41) is 3.44. The van der Waals surface area contributed by atoms with Crippen LogP contribution in [0.4, 0.5) is 5.69 Å². The molecule has 0 atom stereocenters. The topological polar surface area (TPSA) is 50.5 Å². The molecule has 1 rings (SSSR count). The first-order valence-corrected chi connectivity index (χ1v) is 7.50. The molecule has 4 heteroatoms. The third-order valence-corrected chi connectivity index (χ3v) is 3.09. The normalized spacial score (nSPS) is 11.0. The van der Waals surface area contributed by atoms with E-state index in [1.807, 2.05) is 12.1 Å². The van der Waals surface area contributed by atoms with Gasteiger partial charge >= 0.3 is 0 Å². The minimum atomic E-state index is 0.722. The van der Waals surface area contributed by atoms with E-state index in [2.05, 4.69) is 37.3 Å². The Bertz CT molecular complexity index is 380. The molecule has 0 radical (unpaired) electrons. The van der Waals surface area contributed by atoms with Crippen LogP contribution in [0.1, 0.15) is 25.3 Å². The fourth-order valence-corrected chi connectivity index (χ4v) is 1.94. The van der Waals surface area contributed by atoms with Crippen LogP contribution < -0.4 is 15.8 Å². The van der Waals surface area contributed by atoms with Gasteiger partial charge in [-0.05, 0) is 57.6 Å². The molecule has 0 unspecified atom stereocenters. The molecule has 0 fully saturated rings. The second kappa shape index (κ2) is 9.61. The molecule has 0 saturated carbocycles. The van der Waals surface area contributed by atoms with Crippen molar-refractivity contribution in [3.05, 3.63) is 23.8 Å². The number of ether oxygens (including phenoxy) is 1. The first-order valence-electron chi connectivity index (χ1n) is 7.50. The molecule has 0 aliphatic heterocycles. The summed E-state index contributed by atoms with van der Waals surface area (Å²) in [7, 11) is 4.18. The van der Waals surface area contributed by atoms with Gasteiger partial charge in [0.1, 0.15) is 5.75 Å². The number of aryl methyl sites for hydroxylation is 1. The largest absolute Gasteiger partial charge is 0.491 e. The van der Waals surface area contributed by atoms with Gasteiger partial charge in [-0.3, -0.25) is 0 Å². The van der Waals surface area contributed by atoms with Crippen molar-refractivity contribution in [1.82, 2.24) is 10.2 Å². The minimum Gasteiger partial charge on any atom is -0.491 e. The Morgan fingerprint density at radius 2 is 2.05 bits per heavy atom. The third-order valence-electron chi connectivity index (χ3n) is 3.09. The Hall–Kier alpha value is -1.26. The van der Waals surface area contributed by atoms with Gasteiger partial charge < -0.3 is 20.7 Å². The number of hydrogen-bond donors (Lipinski definition) is 2. The average molecular weight is 279 g/mol. The van der Waals surface area contributed by atoms with Gasteiger partial charge in [-0.15, -0.1) is 0 Å². The molecule has 0 aliphatic carbocycles. The van der Waals surface area contributed by atoms with Crippen LogP contribution in [0.5, 0.6) is 5.75 Å². The summed E-state index contributed by atoms with van der Waals surface area (Å²) in [6.45, 7) is 5.98. The van der Waals surface area contributed by atoms with Gasteiger partial charge in [-0.2, -0.15) is 0 Å². The second-order valence-electron chi connectivity index (χ2n) is 5.38. The number of nitrogens with one attached hydrogen (secondary N) is 1. The third kappa shape index (κ3) is 6.78. The van der Waals surface area contributed by atoms with Crippen LogP contribution in [0.2, 0.25) is 0 Å². The maximum atomic E-state index is 6.00. The molecule has 0 bridgehead atoms. The van der Waals surface area contributed by atoms with Crippen LogP contribution in [0.3, 0.4) is 0 Å². The predicted molar refractivity (Wildman–Crippen MR) is 86.4 cm³/mol. The van der Waals surface area contributed by atoms with Crippen molar-refractivity contribution in [3.8, 4) is 5.75 Å². The molecular weight excluding hydrogens is 250 g/mol. The molecule has 4 nitrogen and oxygen atoms in total. The minimum absolute atomic E-state index is 0.722. The van der Waals surface area contributed by atoms with E-state index >= 15 is 0 Å². The van der Waals surface area contributed by atoms with Crippen molar-refractivity contribution in [1.29, 1.82) is 0 Å². The lowest BCUT2D eigenvalue weighted by Crippen LogP contribution is -2.27. The summed E-state index contributed by atoms with van der Waals surface area (Å²) < 4.78 is 5.58. The van der Waals surface area contributed by atoms with E-state index in [0.717, 1.165) is 56.9 Å². The summed E-state index contributed by atoms with van der Waals surface area (Å²) in [5.74, 6) is 0.805. The van der Waals surface area contributed by atoms with Crippen molar-refractivity contribution >= 4 is 5.69 Å². The molecule has 0 spiro atoms. The van der Waals surface area contributed by atoms with Crippen molar-refractivity contribution in [3.63, 3.8) is 0 Å². The molecule has 0 saturated heterocycles. The Morgan fingerprint density at radius 1 is 1.25 bits per heavy atom. The molecule has 0 amide bonds. The fraction of sp³-hybridized carbons (Fsp3) is 0.625. The van der Waals surface area contributed by atoms with Crippen molar-refractivity contribution in [2.75, 3.05) is 46.1 Å². The van der Waals surface area contributed by atoms with Crippen LogP contribution in [-0.4, -0.2) is 45.2 Å². The number of hydrogen-bond acceptors (Lipinski definition) is 4. The monoisotopic (exact) mass is 279 g/mol. The summed E-state index contributed by atoms with van der Waals surface area (Å²) in [4.78, 5) is 2.18. The number of benzene rings is 1. The highest BCUT2D eigenvalue weighted by atomic mass is 16.5. The maximum Gasteiger partial charge on any atom is 0.142 e. The van der Waals surface area contributed by atoms with E-state index in [1.165, 1.54) is 5.56 Å². The molecule has 3 N–H and O–H groups in total. The van der Waals surface area contributed by atoms with Gasteiger partial charge in [0, 0.05) is 13.1 Å². The van der Waals surface area contributed by atoms with E-state index < -0.39 is 0 Å². The van der Waals surface area contributed by atoms with Gasteiger partial charge in [-0.25, -0.2) is 0 Å². The first-order chi connectivity index (χ1) is 9.63. The second-order valence-corrected chi connectivity index (χ2v) is 5.38. The van der Waals surface area contributed by atoms with Crippen LogP contribution >= 0.6 is 0 Å². The number of likely N-dealkylation sites (N-methyl/N-ethyl adjacent to an activating group) is 1. The zero-order chi connectivity index (χ0) is 14.8. The number of nitrogens with zero attached hydrogens (tertiary/aromatic N) is 1. The molecule has 1 aromatic carbocycles. The highest BCUT2D eigenvalue weighted by Crippen LogP contribution is 2.23. The predicted octanol–water partition coefficient (Wildman–Crippen LogP) is 2.14. The number of nitrogen functional groups attached to an aromatic ring is 1. The van der Waals surface area contributed by atoms with E-state index in [0.29, 0.717) is 0 Å². The molecule has 1 aromatic rings. The zero-order valence-electron chi connectivity index (χ0n) is 13.1. The number of anilines is 1. The number of rotatable bonds is 10. The summed E-state index contributed by atoms with van der Waals surface area (Å²) in [6.07, 6.45) is 3.18. The van der Waals surface area contributed by atoms with E-state index in [4.69, 9.17) is 10.5 Å². The van der Waals surface area contributed by atoms with Crippen molar-refractivity contribution < 1.29 is 4.74 Å². The first kappa shape index (κ1) is 16.8. The quantitative estimate of drug-likeness (QED) is 0.509. The Balaban J connectivity index is 2.25. The van der Waals surface area contributed by atoms with E-state index in [-0.39, 0.29) is 0 Å². The summed E-state index contributed by atoms with van der Waals surface area (Å²) in [6, 6.07) is 6.13. The van der Waals surface area contributed by atoms with Gasteiger partial charge in [0.05, 0.1) is 12.3 Å². The number of nitrogens with two attached hydrogens (primary N) is 1. The molecule has 0 aliphatic rings. The fourth-order valence-electron chi connectivity index (χ4n) is 1.94.